The molecule has 1 unspecified atom stereocenters. The van der Waals surface area contributed by atoms with Crippen molar-refractivity contribution >= 4 is 11.8 Å². The quantitative estimate of drug-likeness (QED) is 0.576. The first kappa shape index (κ1) is 12.2. The average molecular weight is 220 g/mol. The van der Waals surface area contributed by atoms with E-state index in [1.54, 1.807) is 6.20 Å². The van der Waals surface area contributed by atoms with Gasteiger partial charge in [0, 0.05) is 24.8 Å². The molecule has 0 spiro atoms. The molecule has 1 rings (SSSR count). The van der Waals surface area contributed by atoms with Gasteiger partial charge in [-0.05, 0) is 13.8 Å². The molecular weight excluding hydrogens is 204 g/mol. The van der Waals surface area contributed by atoms with Crippen LogP contribution in [-0.2, 0) is 0 Å². The molecule has 1 heterocycles. The fraction of sp³-hybridized carbons (Fsp3) is 0.500. The summed E-state index contributed by atoms with van der Waals surface area (Å²) in [7, 11) is 1.90. The van der Waals surface area contributed by atoms with Gasteiger partial charge >= 0.3 is 0 Å². The van der Waals surface area contributed by atoms with Gasteiger partial charge in [-0.2, -0.15) is 10.2 Å². The molecule has 0 saturated carbocycles. The lowest BCUT2D eigenvalue weighted by Crippen LogP contribution is -2.30. The first-order valence-electron chi connectivity index (χ1n) is 5.00. The second-order valence-electron chi connectivity index (χ2n) is 3.67. The molecule has 0 aliphatic rings. The van der Waals surface area contributed by atoms with E-state index in [1.165, 1.54) is 0 Å². The Balaban J connectivity index is 2.98. The number of rotatable bonds is 4. The molecule has 0 amide bonds. The normalized spacial score (nSPS) is 11.7. The van der Waals surface area contributed by atoms with E-state index in [4.69, 9.17) is 11.1 Å². The number of aromatic nitrogens is 2. The van der Waals surface area contributed by atoms with E-state index < -0.39 is 0 Å². The van der Waals surface area contributed by atoms with Crippen LogP contribution in [0.1, 0.15) is 18.9 Å². The fourth-order valence-corrected chi connectivity index (χ4v) is 1.34. The van der Waals surface area contributed by atoms with Gasteiger partial charge in [0.2, 0.25) is 5.95 Å². The number of hydrazine groups is 1. The van der Waals surface area contributed by atoms with Gasteiger partial charge in [-0.15, -0.1) is 0 Å². The molecule has 0 radical (unpaired) electrons. The van der Waals surface area contributed by atoms with E-state index in [0.29, 0.717) is 12.4 Å². The lowest BCUT2D eigenvalue weighted by molar-refractivity contribution is 0.691. The highest BCUT2D eigenvalue weighted by molar-refractivity contribution is 5.48. The average Bonchev–Trinajstić information content (AvgIpc) is 2.29. The maximum Gasteiger partial charge on any atom is 0.239 e. The van der Waals surface area contributed by atoms with Crippen LogP contribution in [0.15, 0.2) is 6.20 Å². The van der Waals surface area contributed by atoms with Crippen molar-refractivity contribution in [2.45, 2.75) is 26.3 Å². The highest BCUT2D eigenvalue weighted by atomic mass is 15.3. The summed E-state index contributed by atoms with van der Waals surface area (Å²) in [4.78, 5) is 10.2. The molecule has 0 bridgehead atoms. The molecule has 3 N–H and O–H groups in total. The van der Waals surface area contributed by atoms with Gasteiger partial charge < -0.3 is 4.90 Å². The van der Waals surface area contributed by atoms with Crippen LogP contribution >= 0.6 is 0 Å². The molecule has 86 valence electrons. The van der Waals surface area contributed by atoms with E-state index in [9.17, 15) is 0 Å². The Bertz CT molecular complexity index is 397. The SMILES string of the molecule is Cc1cnc(NN)nc1N(C)C(C)CC#N. The zero-order chi connectivity index (χ0) is 12.1. The Morgan fingerprint density at radius 3 is 2.94 bits per heavy atom. The summed E-state index contributed by atoms with van der Waals surface area (Å²) in [5.74, 6) is 6.41. The number of nitrogens with two attached hydrogens (primary N) is 1. The predicted molar refractivity (Wildman–Crippen MR) is 62.7 cm³/mol. The number of hydrogen-bond acceptors (Lipinski definition) is 6. The molecule has 0 fully saturated rings. The van der Waals surface area contributed by atoms with Gasteiger partial charge in [0.25, 0.3) is 0 Å². The molecule has 1 aromatic heterocycles. The van der Waals surface area contributed by atoms with Gasteiger partial charge in [-0.25, -0.2) is 10.8 Å². The van der Waals surface area contributed by atoms with Gasteiger partial charge in [0.1, 0.15) is 5.82 Å². The number of nitrogens with one attached hydrogen (secondary N) is 1. The van der Waals surface area contributed by atoms with Gasteiger partial charge in [0.15, 0.2) is 0 Å². The number of nitriles is 1. The lowest BCUT2D eigenvalue weighted by atomic mass is 10.2. The minimum atomic E-state index is 0.101. The van der Waals surface area contributed by atoms with Gasteiger partial charge in [-0.1, -0.05) is 0 Å². The van der Waals surface area contributed by atoms with E-state index in [1.807, 2.05) is 25.8 Å². The Hall–Kier alpha value is -1.87. The molecule has 0 saturated heterocycles. The first-order valence-corrected chi connectivity index (χ1v) is 5.00. The van der Waals surface area contributed by atoms with Crippen LogP contribution in [0.25, 0.3) is 0 Å². The van der Waals surface area contributed by atoms with E-state index in [-0.39, 0.29) is 6.04 Å². The van der Waals surface area contributed by atoms with Crippen molar-refractivity contribution in [2.75, 3.05) is 17.4 Å². The smallest absolute Gasteiger partial charge is 0.239 e. The highest BCUT2D eigenvalue weighted by Crippen LogP contribution is 2.19. The van der Waals surface area contributed by atoms with Crippen molar-refractivity contribution in [2.24, 2.45) is 5.84 Å². The van der Waals surface area contributed by atoms with Crippen molar-refractivity contribution in [3.63, 3.8) is 0 Å². The standard InChI is InChI=1S/C10H16N6/c1-7-6-13-10(15-12)14-9(7)16(3)8(2)4-5-11/h6,8H,4,12H2,1-3H3,(H,13,14,15). The summed E-state index contributed by atoms with van der Waals surface area (Å²) in [6.45, 7) is 3.89. The molecule has 0 aliphatic heterocycles. The molecule has 6 heteroatoms. The zero-order valence-corrected chi connectivity index (χ0v) is 9.73. The van der Waals surface area contributed by atoms with Crippen LogP contribution < -0.4 is 16.2 Å². The Labute approximate surface area is 95.1 Å². The van der Waals surface area contributed by atoms with Crippen LogP contribution in [0.3, 0.4) is 0 Å². The Morgan fingerprint density at radius 2 is 2.38 bits per heavy atom. The van der Waals surface area contributed by atoms with E-state index in [2.05, 4.69) is 21.5 Å². The molecule has 6 nitrogen and oxygen atoms in total. The molecule has 16 heavy (non-hydrogen) atoms. The number of nitrogens with zero attached hydrogens (tertiary/aromatic N) is 4. The molecular formula is C10H16N6. The van der Waals surface area contributed by atoms with E-state index >= 15 is 0 Å². The van der Waals surface area contributed by atoms with Crippen molar-refractivity contribution < 1.29 is 0 Å². The summed E-state index contributed by atoms with van der Waals surface area (Å²) >= 11 is 0. The largest absolute Gasteiger partial charge is 0.356 e. The van der Waals surface area contributed by atoms with Crippen LogP contribution in [-0.4, -0.2) is 23.1 Å². The molecule has 1 atom stereocenters. The summed E-state index contributed by atoms with van der Waals surface area (Å²) in [5.41, 5.74) is 3.36. The second kappa shape index (κ2) is 5.28. The van der Waals surface area contributed by atoms with Gasteiger partial charge in [-0.3, -0.25) is 5.43 Å². The predicted octanol–water partition coefficient (Wildman–Crippen LogP) is 0.809. The molecule has 0 aromatic carbocycles. The van der Waals surface area contributed by atoms with Crippen LogP contribution in [0.4, 0.5) is 11.8 Å². The van der Waals surface area contributed by atoms with Crippen LogP contribution in [0.2, 0.25) is 0 Å². The number of nitrogen functional groups attached to an aromatic ring is 1. The van der Waals surface area contributed by atoms with E-state index in [0.717, 1.165) is 11.4 Å². The topological polar surface area (TPSA) is 90.9 Å². The summed E-state index contributed by atoms with van der Waals surface area (Å²) in [6.07, 6.45) is 2.15. The molecule has 1 aromatic rings. The fourth-order valence-electron chi connectivity index (χ4n) is 1.34. The maximum atomic E-state index is 8.66. The summed E-state index contributed by atoms with van der Waals surface area (Å²) in [5, 5.41) is 8.66. The second-order valence-corrected chi connectivity index (χ2v) is 3.67. The number of aryl methyl sites for hydroxylation is 1. The number of anilines is 2. The minimum Gasteiger partial charge on any atom is -0.356 e. The molecule has 0 aliphatic carbocycles. The Kier molecular flexibility index (Phi) is 4.03. The lowest BCUT2D eigenvalue weighted by Gasteiger charge is -2.25. The third kappa shape index (κ3) is 2.58. The third-order valence-corrected chi connectivity index (χ3v) is 2.46. The van der Waals surface area contributed by atoms with Crippen LogP contribution in [0, 0.1) is 18.3 Å². The monoisotopic (exact) mass is 220 g/mol. The highest BCUT2D eigenvalue weighted by Gasteiger charge is 2.14. The van der Waals surface area contributed by atoms with Crippen LogP contribution in [0.5, 0.6) is 0 Å². The van der Waals surface area contributed by atoms with Crippen molar-refractivity contribution in [1.29, 1.82) is 5.26 Å². The Morgan fingerprint density at radius 1 is 1.69 bits per heavy atom. The summed E-state index contributed by atoms with van der Waals surface area (Å²) < 4.78 is 0. The first-order chi connectivity index (χ1) is 7.60. The zero-order valence-electron chi connectivity index (χ0n) is 9.73. The summed E-state index contributed by atoms with van der Waals surface area (Å²) in [6, 6.07) is 2.24. The minimum absolute atomic E-state index is 0.101. The maximum absolute atomic E-state index is 8.66. The van der Waals surface area contributed by atoms with Crippen molar-refractivity contribution in [1.82, 2.24) is 9.97 Å². The van der Waals surface area contributed by atoms with Gasteiger partial charge in [0.05, 0.1) is 12.5 Å². The van der Waals surface area contributed by atoms with Crippen molar-refractivity contribution in [3.05, 3.63) is 11.8 Å². The third-order valence-electron chi connectivity index (χ3n) is 2.46. The van der Waals surface area contributed by atoms with Crippen molar-refractivity contribution in [3.8, 4) is 6.07 Å². The number of hydrogen-bond donors (Lipinski definition) is 2.